The van der Waals surface area contributed by atoms with Gasteiger partial charge in [0.15, 0.2) is 11.5 Å². The Morgan fingerprint density at radius 1 is 1.07 bits per heavy atom. The summed E-state index contributed by atoms with van der Waals surface area (Å²) in [7, 11) is 3.06. The largest absolute Gasteiger partial charge is 0.493 e. The van der Waals surface area contributed by atoms with E-state index in [9.17, 15) is 9.59 Å². The maximum Gasteiger partial charge on any atom is 0.340 e. The Balaban J connectivity index is 1.78. The lowest BCUT2D eigenvalue weighted by Gasteiger charge is -2.12. The fourth-order valence-electron chi connectivity index (χ4n) is 3.13. The average molecular weight is 381 g/mol. The van der Waals surface area contributed by atoms with E-state index in [1.807, 2.05) is 30.3 Å². The number of aryl methyl sites for hydroxylation is 1. The van der Waals surface area contributed by atoms with E-state index in [0.717, 1.165) is 12.0 Å². The number of amides is 1. The fourth-order valence-corrected chi connectivity index (χ4v) is 3.13. The number of hydrogen-bond acceptors (Lipinski definition) is 5. The Hall–Kier alpha value is -3.28. The van der Waals surface area contributed by atoms with Crippen molar-refractivity contribution in [3.8, 4) is 11.5 Å². The lowest BCUT2D eigenvalue weighted by molar-refractivity contribution is -0.120. The summed E-state index contributed by atoms with van der Waals surface area (Å²) in [6, 6.07) is 13.3. The second-order valence-corrected chi connectivity index (χ2v) is 6.46. The minimum atomic E-state index is -0.518. The van der Waals surface area contributed by atoms with E-state index in [2.05, 4.69) is 5.32 Å². The number of hydrogen-bond donors (Lipinski definition) is 1. The Morgan fingerprint density at radius 2 is 1.75 bits per heavy atom. The first-order valence-electron chi connectivity index (χ1n) is 9.02. The van der Waals surface area contributed by atoms with E-state index in [1.54, 1.807) is 26.2 Å². The van der Waals surface area contributed by atoms with Crippen LogP contribution in [0.5, 0.6) is 11.5 Å². The maximum absolute atomic E-state index is 12.4. The van der Waals surface area contributed by atoms with Crippen LogP contribution < -0.4 is 20.4 Å². The lowest BCUT2D eigenvalue weighted by atomic mass is 10.0. The van der Waals surface area contributed by atoms with Crippen molar-refractivity contribution in [1.29, 1.82) is 0 Å². The molecule has 0 saturated heterocycles. The SMILES string of the molecule is COc1cc2oc(=O)c(CC(=O)NCCc3ccccc3)c(C)c2cc1OC. The first kappa shape index (κ1) is 19.5. The predicted molar refractivity (Wildman–Crippen MR) is 107 cm³/mol. The molecule has 0 aliphatic rings. The van der Waals surface area contributed by atoms with Crippen LogP contribution in [0.15, 0.2) is 51.7 Å². The van der Waals surface area contributed by atoms with Gasteiger partial charge in [-0.2, -0.15) is 0 Å². The van der Waals surface area contributed by atoms with Crippen LogP contribution in [0, 0.1) is 6.92 Å². The van der Waals surface area contributed by atoms with Gasteiger partial charge in [-0.15, -0.1) is 0 Å². The Morgan fingerprint density at radius 3 is 2.43 bits per heavy atom. The van der Waals surface area contributed by atoms with Crippen molar-refractivity contribution in [3.63, 3.8) is 0 Å². The van der Waals surface area contributed by atoms with E-state index >= 15 is 0 Å². The van der Waals surface area contributed by atoms with E-state index in [4.69, 9.17) is 13.9 Å². The summed E-state index contributed by atoms with van der Waals surface area (Å²) in [5.74, 6) is 0.792. The summed E-state index contributed by atoms with van der Waals surface area (Å²) >= 11 is 0. The smallest absolute Gasteiger partial charge is 0.340 e. The van der Waals surface area contributed by atoms with Crippen molar-refractivity contribution >= 4 is 16.9 Å². The number of nitrogens with one attached hydrogen (secondary N) is 1. The molecule has 0 saturated carbocycles. The molecule has 0 unspecified atom stereocenters. The predicted octanol–water partition coefficient (Wildman–Crippen LogP) is 3.02. The molecule has 1 heterocycles. The molecular weight excluding hydrogens is 358 g/mol. The molecule has 6 nitrogen and oxygen atoms in total. The number of rotatable bonds is 7. The van der Waals surface area contributed by atoms with Crippen LogP contribution in [0.3, 0.4) is 0 Å². The summed E-state index contributed by atoms with van der Waals surface area (Å²) in [4.78, 5) is 24.8. The van der Waals surface area contributed by atoms with E-state index < -0.39 is 5.63 Å². The minimum Gasteiger partial charge on any atom is -0.493 e. The maximum atomic E-state index is 12.4. The summed E-state index contributed by atoms with van der Waals surface area (Å²) in [5.41, 5.74) is 2.07. The molecule has 1 amide bonds. The standard InChI is InChI=1S/C22H23NO5/c1-14-16-11-19(26-2)20(27-3)13-18(16)28-22(25)17(14)12-21(24)23-10-9-15-7-5-4-6-8-15/h4-8,11,13H,9-10,12H2,1-3H3,(H,23,24). The molecule has 1 N–H and O–H groups in total. The van der Waals surface area contributed by atoms with Gasteiger partial charge < -0.3 is 19.2 Å². The molecule has 0 fully saturated rings. The number of carbonyl (C=O) groups excluding carboxylic acids is 1. The van der Waals surface area contributed by atoms with Crippen LogP contribution in [0.4, 0.5) is 0 Å². The van der Waals surface area contributed by atoms with Gasteiger partial charge in [-0.25, -0.2) is 4.79 Å². The Labute approximate surface area is 163 Å². The summed E-state index contributed by atoms with van der Waals surface area (Å²) in [6.07, 6.45) is 0.697. The van der Waals surface area contributed by atoms with Crippen molar-refractivity contribution in [2.24, 2.45) is 0 Å². The molecule has 146 valence electrons. The summed E-state index contributed by atoms with van der Waals surface area (Å²) in [6.45, 7) is 2.31. The molecular formula is C22H23NO5. The normalized spacial score (nSPS) is 10.7. The van der Waals surface area contributed by atoms with E-state index in [-0.39, 0.29) is 12.3 Å². The molecule has 28 heavy (non-hydrogen) atoms. The van der Waals surface area contributed by atoms with Gasteiger partial charge >= 0.3 is 5.63 Å². The van der Waals surface area contributed by atoms with Crippen LogP contribution >= 0.6 is 0 Å². The van der Waals surface area contributed by atoms with Crippen molar-refractivity contribution < 1.29 is 18.7 Å². The quantitative estimate of drug-likeness (QED) is 0.637. The summed E-state index contributed by atoms with van der Waals surface area (Å²) in [5, 5.41) is 3.57. The van der Waals surface area contributed by atoms with Crippen molar-refractivity contribution in [2.45, 2.75) is 19.8 Å². The second-order valence-electron chi connectivity index (χ2n) is 6.46. The highest BCUT2D eigenvalue weighted by molar-refractivity contribution is 5.86. The Bertz CT molecular complexity index is 1040. The Kier molecular flexibility index (Phi) is 5.99. The molecule has 0 aliphatic heterocycles. The molecule has 6 heteroatoms. The third-order valence-corrected chi connectivity index (χ3v) is 4.71. The zero-order valence-corrected chi connectivity index (χ0v) is 16.2. The molecule has 0 bridgehead atoms. The van der Waals surface area contributed by atoms with Gasteiger partial charge in [-0.3, -0.25) is 4.79 Å². The highest BCUT2D eigenvalue weighted by Crippen LogP contribution is 2.33. The van der Waals surface area contributed by atoms with Gasteiger partial charge in [0.25, 0.3) is 0 Å². The second kappa shape index (κ2) is 8.61. The van der Waals surface area contributed by atoms with E-state index in [0.29, 0.717) is 40.1 Å². The fraction of sp³-hybridized carbons (Fsp3) is 0.273. The van der Waals surface area contributed by atoms with Crippen molar-refractivity contribution in [1.82, 2.24) is 5.32 Å². The first-order valence-corrected chi connectivity index (χ1v) is 9.02. The van der Waals surface area contributed by atoms with Crippen LogP contribution in [0.25, 0.3) is 11.0 Å². The average Bonchev–Trinajstić information content (AvgIpc) is 2.71. The third-order valence-electron chi connectivity index (χ3n) is 4.71. The van der Waals surface area contributed by atoms with Crippen LogP contribution in [-0.2, 0) is 17.6 Å². The zero-order chi connectivity index (χ0) is 20.1. The monoisotopic (exact) mass is 381 g/mol. The highest BCUT2D eigenvalue weighted by atomic mass is 16.5. The van der Waals surface area contributed by atoms with Gasteiger partial charge in [0.1, 0.15) is 5.58 Å². The minimum absolute atomic E-state index is 0.0345. The molecule has 0 aliphatic carbocycles. The topological polar surface area (TPSA) is 77.8 Å². The van der Waals surface area contributed by atoms with Crippen molar-refractivity contribution in [3.05, 3.63) is 69.6 Å². The molecule has 3 aromatic rings. The molecule has 1 aromatic heterocycles. The lowest BCUT2D eigenvalue weighted by Crippen LogP contribution is -2.29. The van der Waals surface area contributed by atoms with Crippen LogP contribution in [0.1, 0.15) is 16.7 Å². The molecule has 2 aromatic carbocycles. The van der Waals surface area contributed by atoms with Gasteiger partial charge in [-0.05, 0) is 30.5 Å². The van der Waals surface area contributed by atoms with Gasteiger partial charge in [-0.1, -0.05) is 30.3 Å². The first-order chi connectivity index (χ1) is 13.5. The number of methoxy groups -OCH3 is 2. The van der Waals surface area contributed by atoms with Crippen LogP contribution in [-0.4, -0.2) is 26.7 Å². The van der Waals surface area contributed by atoms with Crippen molar-refractivity contribution in [2.75, 3.05) is 20.8 Å². The molecule has 0 radical (unpaired) electrons. The van der Waals surface area contributed by atoms with Gasteiger partial charge in [0.05, 0.1) is 26.2 Å². The summed E-state index contributed by atoms with van der Waals surface area (Å²) < 4.78 is 16.0. The van der Waals surface area contributed by atoms with Crippen LogP contribution in [0.2, 0.25) is 0 Å². The highest BCUT2D eigenvalue weighted by Gasteiger charge is 2.17. The van der Waals surface area contributed by atoms with E-state index in [1.165, 1.54) is 7.11 Å². The number of carbonyl (C=O) groups is 1. The van der Waals surface area contributed by atoms with Gasteiger partial charge in [0, 0.05) is 18.0 Å². The molecule has 3 rings (SSSR count). The molecule has 0 spiro atoms. The number of benzene rings is 2. The number of fused-ring (bicyclic) bond motifs is 1. The number of ether oxygens (including phenoxy) is 2. The molecule has 0 atom stereocenters. The third kappa shape index (κ3) is 4.17. The van der Waals surface area contributed by atoms with Gasteiger partial charge in [0.2, 0.25) is 5.91 Å². The zero-order valence-electron chi connectivity index (χ0n) is 16.2.